The maximum Gasteiger partial charge on any atom is 0.221 e. The van der Waals surface area contributed by atoms with Gasteiger partial charge in [0.05, 0.1) is 6.61 Å². The van der Waals surface area contributed by atoms with Gasteiger partial charge < -0.3 is 15.8 Å². The van der Waals surface area contributed by atoms with Crippen LogP contribution in [0.4, 0.5) is 0 Å². The third-order valence-corrected chi connectivity index (χ3v) is 2.26. The molecule has 3 N–H and O–H groups in total. The summed E-state index contributed by atoms with van der Waals surface area (Å²) in [5.41, 5.74) is 6.34. The topological polar surface area (TPSA) is 64.3 Å². The van der Waals surface area contributed by atoms with Crippen LogP contribution in [0, 0.1) is 0 Å². The number of amides is 1. The van der Waals surface area contributed by atoms with Gasteiger partial charge in [0.2, 0.25) is 5.91 Å². The van der Waals surface area contributed by atoms with Gasteiger partial charge in [-0.3, -0.25) is 4.79 Å². The fourth-order valence-electron chi connectivity index (χ4n) is 1.34. The van der Waals surface area contributed by atoms with E-state index in [-0.39, 0.29) is 5.91 Å². The molecule has 0 heterocycles. The maximum atomic E-state index is 11.2. The second kappa shape index (κ2) is 7.68. The van der Waals surface area contributed by atoms with Gasteiger partial charge >= 0.3 is 0 Å². The first-order valence-corrected chi connectivity index (χ1v) is 5.94. The molecule has 0 aliphatic rings. The molecule has 0 saturated carbocycles. The fraction of sp³-hybridized carbons (Fsp3) is 0.462. The van der Waals surface area contributed by atoms with E-state index < -0.39 is 0 Å². The third-order valence-electron chi connectivity index (χ3n) is 2.26. The zero-order chi connectivity index (χ0) is 12.5. The highest BCUT2D eigenvalue weighted by molar-refractivity contribution is 5.76. The molecule has 0 aromatic heterocycles. The molecule has 17 heavy (non-hydrogen) atoms. The largest absolute Gasteiger partial charge is 0.494 e. The first-order valence-electron chi connectivity index (χ1n) is 5.94. The summed E-state index contributed by atoms with van der Waals surface area (Å²) in [7, 11) is 0. The average molecular weight is 236 g/mol. The Morgan fingerprint density at radius 2 is 2.06 bits per heavy atom. The van der Waals surface area contributed by atoms with Crippen molar-refractivity contribution in [3.05, 3.63) is 29.8 Å². The van der Waals surface area contributed by atoms with Gasteiger partial charge in [0.15, 0.2) is 0 Å². The Morgan fingerprint density at radius 1 is 1.35 bits per heavy atom. The second-order valence-electron chi connectivity index (χ2n) is 3.81. The van der Waals surface area contributed by atoms with Crippen LogP contribution >= 0.6 is 0 Å². The number of hydrogen-bond acceptors (Lipinski definition) is 3. The number of nitrogens with two attached hydrogens (primary N) is 1. The van der Waals surface area contributed by atoms with Crippen molar-refractivity contribution >= 4 is 5.91 Å². The molecule has 0 radical (unpaired) electrons. The molecule has 1 aromatic rings. The van der Waals surface area contributed by atoms with Crippen LogP contribution in [0.5, 0.6) is 5.75 Å². The van der Waals surface area contributed by atoms with Crippen LogP contribution in [0.2, 0.25) is 0 Å². The summed E-state index contributed by atoms with van der Waals surface area (Å²) >= 11 is 0. The Balaban J connectivity index is 2.37. The van der Waals surface area contributed by atoms with E-state index in [2.05, 4.69) is 12.2 Å². The molecule has 0 spiro atoms. The van der Waals surface area contributed by atoms with Crippen LogP contribution in [-0.2, 0) is 11.3 Å². The number of carbonyl (C=O) groups is 1. The zero-order valence-electron chi connectivity index (χ0n) is 10.2. The number of carbonyl (C=O) groups excluding carboxylic acids is 1. The highest BCUT2D eigenvalue weighted by atomic mass is 16.5. The van der Waals surface area contributed by atoms with Crippen molar-refractivity contribution in [3.8, 4) is 5.75 Å². The van der Waals surface area contributed by atoms with Gasteiger partial charge in [-0.1, -0.05) is 19.1 Å². The normalized spacial score (nSPS) is 10.0. The van der Waals surface area contributed by atoms with Crippen LogP contribution in [-0.4, -0.2) is 19.1 Å². The molecule has 4 nitrogen and oxygen atoms in total. The lowest BCUT2D eigenvalue weighted by atomic mass is 10.2. The summed E-state index contributed by atoms with van der Waals surface area (Å²) in [5, 5.41) is 2.80. The predicted octanol–water partition coefficient (Wildman–Crippen LogP) is 1.44. The number of rotatable bonds is 7. The summed E-state index contributed by atoms with van der Waals surface area (Å²) in [4.78, 5) is 11.2. The highest BCUT2D eigenvalue weighted by Gasteiger charge is 1.99. The van der Waals surface area contributed by atoms with Crippen molar-refractivity contribution in [1.29, 1.82) is 0 Å². The Kier molecular flexibility index (Phi) is 6.10. The summed E-state index contributed by atoms with van der Waals surface area (Å²) < 4.78 is 5.47. The Bertz CT molecular complexity index is 336. The smallest absolute Gasteiger partial charge is 0.221 e. The van der Waals surface area contributed by atoms with Crippen molar-refractivity contribution in [3.63, 3.8) is 0 Å². The van der Waals surface area contributed by atoms with E-state index >= 15 is 0 Å². The van der Waals surface area contributed by atoms with E-state index in [1.54, 1.807) is 0 Å². The second-order valence-corrected chi connectivity index (χ2v) is 3.81. The lowest BCUT2D eigenvalue weighted by Gasteiger charge is -2.07. The minimum atomic E-state index is -0.0150. The minimum absolute atomic E-state index is 0.0150. The molecular formula is C13H20N2O2. The van der Waals surface area contributed by atoms with Gasteiger partial charge in [-0.25, -0.2) is 0 Å². The molecule has 1 amide bonds. The van der Waals surface area contributed by atoms with Gasteiger partial charge in [-0.05, 0) is 24.1 Å². The van der Waals surface area contributed by atoms with Gasteiger partial charge in [0.1, 0.15) is 5.75 Å². The Morgan fingerprint density at radius 3 is 2.65 bits per heavy atom. The lowest BCUT2D eigenvalue weighted by Crippen LogP contribution is -2.24. The molecule has 1 aromatic carbocycles. The van der Waals surface area contributed by atoms with Crippen LogP contribution in [0.3, 0.4) is 0 Å². The molecule has 0 aliphatic carbocycles. The molecule has 1 rings (SSSR count). The zero-order valence-corrected chi connectivity index (χ0v) is 10.2. The molecular weight excluding hydrogens is 216 g/mol. The van der Waals surface area contributed by atoms with Crippen molar-refractivity contribution in [2.24, 2.45) is 5.73 Å². The van der Waals surface area contributed by atoms with E-state index in [0.717, 1.165) is 24.3 Å². The summed E-state index contributed by atoms with van der Waals surface area (Å²) in [5.74, 6) is 0.850. The number of hydrogen-bond donors (Lipinski definition) is 2. The first-order chi connectivity index (χ1) is 8.26. The molecule has 0 fully saturated rings. The summed E-state index contributed by atoms with van der Waals surface area (Å²) in [6, 6.07) is 7.74. The Hall–Kier alpha value is -1.55. The molecule has 0 bridgehead atoms. The van der Waals surface area contributed by atoms with E-state index in [1.165, 1.54) is 0 Å². The molecule has 94 valence electrons. The first kappa shape index (κ1) is 13.5. The van der Waals surface area contributed by atoms with Crippen LogP contribution < -0.4 is 15.8 Å². The monoisotopic (exact) mass is 236 g/mol. The standard InChI is InChI=1S/C13H20N2O2/c1-2-9-17-12-5-3-11(4-6-12)10-15-13(16)7-8-14/h3-6H,2,7-10,14H2,1H3,(H,15,16). The van der Waals surface area contributed by atoms with Gasteiger partial charge in [0.25, 0.3) is 0 Å². The number of nitrogens with one attached hydrogen (secondary N) is 1. The van der Waals surface area contributed by atoms with Crippen molar-refractivity contribution < 1.29 is 9.53 Å². The van der Waals surface area contributed by atoms with Gasteiger partial charge in [-0.2, -0.15) is 0 Å². The van der Waals surface area contributed by atoms with E-state index in [9.17, 15) is 4.79 Å². The predicted molar refractivity (Wildman–Crippen MR) is 67.7 cm³/mol. The van der Waals surface area contributed by atoms with E-state index in [4.69, 9.17) is 10.5 Å². The lowest BCUT2D eigenvalue weighted by molar-refractivity contribution is -0.121. The molecule has 0 atom stereocenters. The fourth-order valence-corrected chi connectivity index (χ4v) is 1.34. The molecule has 4 heteroatoms. The number of ether oxygens (including phenoxy) is 1. The quantitative estimate of drug-likeness (QED) is 0.753. The van der Waals surface area contributed by atoms with Crippen LogP contribution in [0.1, 0.15) is 25.3 Å². The average Bonchev–Trinajstić information content (AvgIpc) is 2.35. The third kappa shape index (κ3) is 5.36. The van der Waals surface area contributed by atoms with Gasteiger partial charge in [0, 0.05) is 19.5 Å². The summed E-state index contributed by atoms with van der Waals surface area (Å²) in [6.45, 7) is 3.72. The van der Waals surface area contributed by atoms with Crippen molar-refractivity contribution in [2.75, 3.05) is 13.2 Å². The van der Waals surface area contributed by atoms with Crippen molar-refractivity contribution in [2.45, 2.75) is 26.3 Å². The van der Waals surface area contributed by atoms with Crippen molar-refractivity contribution in [1.82, 2.24) is 5.32 Å². The Labute approximate surface area is 102 Å². The van der Waals surface area contributed by atoms with E-state index in [1.807, 2.05) is 24.3 Å². The molecule has 0 unspecified atom stereocenters. The minimum Gasteiger partial charge on any atom is -0.494 e. The van der Waals surface area contributed by atoms with E-state index in [0.29, 0.717) is 19.5 Å². The number of benzene rings is 1. The molecule has 0 saturated heterocycles. The SMILES string of the molecule is CCCOc1ccc(CNC(=O)CCN)cc1. The van der Waals surface area contributed by atoms with Crippen LogP contribution in [0.25, 0.3) is 0 Å². The van der Waals surface area contributed by atoms with Gasteiger partial charge in [-0.15, -0.1) is 0 Å². The molecule has 0 aliphatic heterocycles. The maximum absolute atomic E-state index is 11.2. The highest BCUT2D eigenvalue weighted by Crippen LogP contribution is 2.12. The van der Waals surface area contributed by atoms with Crippen LogP contribution in [0.15, 0.2) is 24.3 Å². The summed E-state index contributed by atoms with van der Waals surface area (Å²) in [6.07, 6.45) is 1.37.